The summed E-state index contributed by atoms with van der Waals surface area (Å²) in [6, 6.07) is 0. The van der Waals surface area contributed by atoms with E-state index in [1.165, 1.54) is 12.8 Å². The minimum Gasteiger partial charge on any atom is -0.379 e. The van der Waals surface area contributed by atoms with Crippen LogP contribution in [-0.2, 0) is 9.53 Å². The summed E-state index contributed by atoms with van der Waals surface area (Å²) < 4.78 is 5.34. The zero-order valence-electron chi connectivity index (χ0n) is 11.5. The molecule has 102 valence electrons. The molecule has 0 amide bonds. The fourth-order valence-electron chi connectivity index (χ4n) is 2.80. The normalized spacial score (nSPS) is 28.2. The highest BCUT2D eigenvalue weighted by Crippen LogP contribution is 2.28. The molecule has 2 rings (SSSR count). The lowest BCUT2D eigenvalue weighted by atomic mass is 10.0. The van der Waals surface area contributed by atoms with Gasteiger partial charge in [-0.3, -0.25) is 9.69 Å². The van der Waals surface area contributed by atoms with Gasteiger partial charge in [0.25, 0.3) is 0 Å². The van der Waals surface area contributed by atoms with Crippen LogP contribution in [0.2, 0.25) is 0 Å². The molecule has 0 aromatic heterocycles. The Balaban J connectivity index is 1.80. The summed E-state index contributed by atoms with van der Waals surface area (Å²) in [5.74, 6) is 0.661. The predicted octanol–water partition coefficient (Wildman–Crippen LogP) is 2.41. The molecule has 0 aromatic rings. The fourth-order valence-corrected chi connectivity index (χ4v) is 2.80. The molecular formula is C15H25NO2. The number of carbonyl (C=O) groups is 1. The lowest BCUT2D eigenvalue weighted by Crippen LogP contribution is -2.40. The molecule has 1 atom stereocenters. The molecule has 1 aliphatic heterocycles. The first-order valence-corrected chi connectivity index (χ1v) is 7.34. The van der Waals surface area contributed by atoms with Gasteiger partial charge in [-0.25, -0.2) is 0 Å². The minimum absolute atomic E-state index is 0.246. The van der Waals surface area contributed by atoms with Crippen molar-refractivity contribution in [1.29, 1.82) is 0 Å². The van der Waals surface area contributed by atoms with Crippen LogP contribution in [0, 0.1) is 5.92 Å². The Labute approximate surface area is 110 Å². The summed E-state index contributed by atoms with van der Waals surface area (Å²) in [5.41, 5.74) is 1.10. The molecular weight excluding hydrogens is 226 g/mol. The van der Waals surface area contributed by atoms with E-state index in [4.69, 9.17) is 4.74 Å². The maximum absolute atomic E-state index is 12.2. The van der Waals surface area contributed by atoms with E-state index >= 15 is 0 Å². The molecule has 1 saturated carbocycles. The summed E-state index contributed by atoms with van der Waals surface area (Å²) >= 11 is 0. The quantitative estimate of drug-likeness (QED) is 0.555. The lowest BCUT2D eigenvalue weighted by molar-refractivity contribution is -0.118. The van der Waals surface area contributed by atoms with E-state index in [0.717, 1.165) is 57.7 Å². The molecule has 0 N–H and O–H groups in total. The van der Waals surface area contributed by atoms with Crippen LogP contribution in [0.1, 0.15) is 39.0 Å². The molecule has 0 bridgehead atoms. The van der Waals surface area contributed by atoms with Crippen LogP contribution in [0.25, 0.3) is 0 Å². The third-order valence-electron chi connectivity index (χ3n) is 3.98. The van der Waals surface area contributed by atoms with Crippen molar-refractivity contribution < 1.29 is 9.53 Å². The molecule has 3 nitrogen and oxygen atoms in total. The molecule has 2 fully saturated rings. The maximum Gasteiger partial charge on any atom is 0.162 e. The van der Waals surface area contributed by atoms with Crippen molar-refractivity contribution in [2.75, 3.05) is 32.8 Å². The smallest absolute Gasteiger partial charge is 0.162 e. The van der Waals surface area contributed by atoms with Crippen LogP contribution in [0.3, 0.4) is 0 Å². The first-order valence-electron chi connectivity index (χ1n) is 7.34. The number of hydrogen-bond acceptors (Lipinski definition) is 3. The topological polar surface area (TPSA) is 29.5 Å². The van der Waals surface area contributed by atoms with E-state index in [1.807, 2.05) is 0 Å². The van der Waals surface area contributed by atoms with Gasteiger partial charge in [-0.05, 0) is 24.8 Å². The Bertz CT molecular complexity index is 306. The number of ether oxygens (including phenoxy) is 1. The number of ketones is 1. The number of carbonyl (C=O) groups excluding carboxylic acids is 1. The third-order valence-corrected chi connectivity index (χ3v) is 3.98. The molecule has 1 saturated heterocycles. The van der Waals surface area contributed by atoms with Gasteiger partial charge in [-0.2, -0.15) is 0 Å². The summed E-state index contributed by atoms with van der Waals surface area (Å²) in [6.45, 7) is 6.74. The molecule has 18 heavy (non-hydrogen) atoms. The number of unbranched alkanes of at least 4 members (excludes halogenated alkanes) is 2. The van der Waals surface area contributed by atoms with Gasteiger partial charge < -0.3 is 4.74 Å². The van der Waals surface area contributed by atoms with Crippen molar-refractivity contribution in [3.63, 3.8) is 0 Å². The minimum atomic E-state index is 0.246. The predicted molar refractivity (Wildman–Crippen MR) is 72.6 cm³/mol. The lowest BCUT2D eigenvalue weighted by Gasteiger charge is -2.28. The first-order chi connectivity index (χ1) is 8.81. The summed E-state index contributed by atoms with van der Waals surface area (Å²) in [4.78, 5) is 14.6. The van der Waals surface area contributed by atoms with Crippen LogP contribution in [0.4, 0.5) is 0 Å². The first kappa shape index (κ1) is 13.8. The third kappa shape index (κ3) is 3.66. The number of allylic oxidation sites excluding steroid dienone is 2. The maximum atomic E-state index is 12.2. The summed E-state index contributed by atoms with van der Waals surface area (Å²) in [7, 11) is 0. The number of rotatable bonds is 5. The monoisotopic (exact) mass is 251 g/mol. The van der Waals surface area contributed by atoms with Gasteiger partial charge in [0.15, 0.2) is 5.78 Å². The van der Waals surface area contributed by atoms with Crippen LogP contribution < -0.4 is 0 Å². The average molecular weight is 251 g/mol. The second kappa shape index (κ2) is 7.05. The standard InChI is InChI=1S/C15H25NO2/c1-2-3-4-5-13-6-7-14(15(13)17)12-16-8-10-18-11-9-16/h5,14H,2-4,6-12H2,1H3. The number of nitrogens with zero attached hydrogens (tertiary/aromatic N) is 1. The van der Waals surface area contributed by atoms with Gasteiger partial charge in [0.2, 0.25) is 0 Å². The van der Waals surface area contributed by atoms with Gasteiger partial charge in [0.05, 0.1) is 13.2 Å². The highest BCUT2D eigenvalue weighted by molar-refractivity contribution is 5.99. The Morgan fingerprint density at radius 1 is 1.39 bits per heavy atom. The second-order valence-electron chi connectivity index (χ2n) is 5.38. The second-order valence-corrected chi connectivity index (χ2v) is 5.38. The molecule has 3 heteroatoms. The van der Waals surface area contributed by atoms with Crippen LogP contribution in [0.15, 0.2) is 11.6 Å². The van der Waals surface area contributed by atoms with E-state index in [9.17, 15) is 4.79 Å². The van der Waals surface area contributed by atoms with Crippen molar-refractivity contribution in [2.24, 2.45) is 5.92 Å². The Morgan fingerprint density at radius 2 is 2.17 bits per heavy atom. The zero-order valence-corrected chi connectivity index (χ0v) is 11.5. The largest absolute Gasteiger partial charge is 0.379 e. The van der Waals surface area contributed by atoms with Crippen molar-refractivity contribution in [3.05, 3.63) is 11.6 Å². The van der Waals surface area contributed by atoms with Gasteiger partial charge in [-0.1, -0.05) is 25.8 Å². The molecule has 2 aliphatic rings. The number of morpholine rings is 1. The van der Waals surface area contributed by atoms with Gasteiger partial charge in [0, 0.05) is 25.6 Å². The zero-order chi connectivity index (χ0) is 12.8. The molecule has 0 spiro atoms. The van der Waals surface area contributed by atoms with Gasteiger partial charge >= 0.3 is 0 Å². The van der Waals surface area contributed by atoms with Crippen molar-refractivity contribution >= 4 is 5.78 Å². The Kier molecular flexibility index (Phi) is 5.39. The summed E-state index contributed by atoms with van der Waals surface area (Å²) in [5, 5.41) is 0. The molecule has 0 aromatic carbocycles. The number of Topliss-reactive ketones (excluding diaryl/α,β-unsaturated/α-hetero) is 1. The molecule has 0 radical (unpaired) electrons. The van der Waals surface area contributed by atoms with Crippen molar-refractivity contribution in [1.82, 2.24) is 4.90 Å². The van der Waals surface area contributed by atoms with E-state index in [2.05, 4.69) is 17.9 Å². The SMILES string of the molecule is CCCCC=C1CCC(CN2CCOCC2)C1=O. The van der Waals surface area contributed by atoms with Gasteiger partial charge in [-0.15, -0.1) is 0 Å². The fraction of sp³-hybridized carbons (Fsp3) is 0.800. The van der Waals surface area contributed by atoms with E-state index < -0.39 is 0 Å². The van der Waals surface area contributed by atoms with E-state index in [1.54, 1.807) is 0 Å². The van der Waals surface area contributed by atoms with Crippen molar-refractivity contribution in [2.45, 2.75) is 39.0 Å². The highest BCUT2D eigenvalue weighted by Gasteiger charge is 2.30. The Hall–Kier alpha value is -0.670. The molecule has 1 aliphatic carbocycles. The highest BCUT2D eigenvalue weighted by atomic mass is 16.5. The molecule has 1 unspecified atom stereocenters. The van der Waals surface area contributed by atoms with E-state index in [0.29, 0.717) is 5.78 Å². The van der Waals surface area contributed by atoms with Crippen LogP contribution >= 0.6 is 0 Å². The summed E-state index contributed by atoms with van der Waals surface area (Å²) in [6.07, 6.45) is 7.71. The molecule has 1 heterocycles. The number of hydrogen-bond donors (Lipinski definition) is 0. The van der Waals surface area contributed by atoms with Crippen LogP contribution in [-0.4, -0.2) is 43.5 Å². The average Bonchev–Trinajstić information content (AvgIpc) is 2.73. The Morgan fingerprint density at radius 3 is 2.89 bits per heavy atom. The van der Waals surface area contributed by atoms with Crippen LogP contribution in [0.5, 0.6) is 0 Å². The van der Waals surface area contributed by atoms with E-state index in [-0.39, 0.29) is 5.92 Å². The van der Waals surface area contributed by atoms with Gasteiger partial charge in [0.1, 0.15) is 0 Å². The van der Waals surface area contributed by atoms with Crippen molar-refractivity contribution in [3.8, 4) is 0 Å².